The minimum atomic E-state index is -3.46. The fourth-order valence-corrected chi connectivity index (χ4v) is 4.33. The molecule has 1 aliphatic rings. The molecule has 1 aromatic rings. The molecule has 20 heavy (non-hydrogen) atoms. The molecule has 7 heteroatoms. The standard InChI is InChI=1S/C13H23N3O3S/c1-11-5-3-7-16(12(11)2)20(18,19)13-9-14-15(10-13)6-4-8-17/h9-12,17H,3-8H2,1-2H3. The topological polar surface area (TPSA) is 75.4 Å². The summed E-state index contributed by atoms with van der Waals surface area (Å²) in [5, 5.41) is 12.9. The van der Waals surface area contributed by atoms with Crippen molar-refractivity contribution in [1.82, 2.24) is 14.1 Å². The minimum Gasteiger partial charge on any atom is -0.396 e. The second-order valence-corrected chi connectivity index (χ2v) is 7.38. The van der Waals surface area contributed by atoms with Crippen molar-refractivity contribution < 1.29 is 13.5 Å². The Labute approximate surface area is 120 Å². The van der Waals surface area contributed by atoms with Crippen molar-refractivity contribution in [1.29, 1.82) is 0 Å². The van der Waals surface area contributed by atoms with Gasteiger partial charge in [0.15, 0.2) is 0 Å². The number of aryl methyl sites for hydroxylation is 1. The number of sulfonamides is 1. The average Bonchev–Trinajstić information content (AvgIpc) is 2.89. The summed E-state index contributed by atoms with van der Waals surface area (Å²) in [6.07, 6.45) is 5.50. The van der Waals surface area contributed by atoms with Crippen molar-refractivity contribution in [3.8, 4) is 0 Å². The van der Waals surface area contributed by atoms with Crippen LogP contribution < -0.4 is 0 Å². The lowest BCUT2D eigenvalue weighted by atomic mass is 9.94. The number of piperidine rings is 1. The molecule has 1 aromatic heterocycles. The first-order valence-electron chi connectivity index (χ1n) is 7.12. The maximum Gasteiger partial charge on any atom is 0.246 e. The Bertz CT molecular complexity index is 541. The van der Waals surface area contributed by atoms with Crippen LogP contribution in [0, 0.1) is 5.92 Å². The van der Waals surface area contributed by atoms with Crippen LogP contribution in [-0.2, 0) is 16.6 Å². The van der Waals surface area contributed by atoms with Crippen LogP contribution in [-0.4, -0.2) is 46.8 Å². The highest BCUT2D eigenvalue weighted by atomic mass is 32.2. The first-order chi connectivity index (χ1) is 9.46. The molecule has 114 valence electrons. The predicted octanol–water partition coefficient (Wildman–Crippen LogP) is 1.07. The van der Waals surface area contributed by atoms with E-state index in [-0.39, 0.29) is 17.5 Å². The fraction of sp³-hybridized carbons (Fsp3) is 0.769. The molecule has 0 amide bonds. The highest BCUT2D eigenvalue weighted by Gasteiger charge is 2.35. The Morgan fingerprint density at radius 3 is 2.90 bits per heavy atom. The zero-order valence-electron chi connectivity index (χ0n) is 12.1. The van der Waals surface area contributed by atoms with Crippen molar-refractivity contribution in [3.63, 3.8) is 0 Å². The normalized spacial score (nSPS) is 24.9. The second-order valence-electron chi connectivity index (χ2n) is 5.49. The molecule has 2 rings (SSSR count). The molecular formula is C13H23N3O3S. The van der Waals surface area contributed by atoms with Crippen molar-refractivity contribution in [2.45, 2.75) is 50.6 Å². The van der Waals surface area contributed by atoms with E-state index < -0.39 is 10.0 Å². The molecule has 2 unspecified atom stereocenters. The third kappa shape index (κ3) is 3.05. The fourth-order valence-electron chi connectivity index (χ4n) is 2.61. The van der Waals surface area contributed by atoms with E-state index in [1.54, 1.807) is 15.2 Å². The molecule has 1 saturated heterocycles. The molecule has 1 N–H and O–H groups in total. The molecule has 6 nitrogen and oxygen atoms in total. The molecule has 0 aliphatic carbocycles. The van der Waals surface area contributed by atoms with E-state index in [4.69, 9.17) is 5.11 Å². The SMILES string of the molecule is CC1CCCN(S(=O)(=O)c2cnn(CCCO)c2)C1C. The second kappa shape index (κ2) is 6.24. The van der Waals surface area contributed by atoms with E-state index in [9.17, 15) is 8.42 Å². The van der Waals surface area contributed by atoms with Gasteiger partial charge in [0.05, 0.1) is 6.20 Å². The summed E-state index contributed by atoms with van der Waals surface area (Å²) in [7, 11) is -3.46. The van der Waals surface area contributed by atoms with Gasteiger partial charge in [0.1, 0.15) is 4.90 Å². The molecule has 0 spiro atoms. The molecule has 0 radical (unpaired) electrons. The highest BCUT2D eigenvalue weighted by Crippen LogP contribution is 2.28. The van der Waals surface area contributed by atoms with Crippen molar-refractivity contribution in [3.05, 3.63) is 12.4 Å². The minimum absolute atomic E-state index is 0.0227. The third-order valence-electron chi connectivity index (χ3n) is 4.08. The molecule has 0 saturated carbocycles. The molecular weight excluding hydrogens is 278 g/mol. The van der Waals surface area contributed by atoms with E-state index in [1.807, 2.05) is 6.92 Å². The van der Waals surface area contributed by atoms with Crippen molar-refractivity contribution in [2.24, 2.45) is 5.92 Å². The summed E-state index contributed by atoms with van der Waals surface area (Å²) < 4.78 is 28.5. The number of aliphatic hydroxyl groups is 1. The van der Waals surface area contributed by atoms with Gasteiger partial charge < -0.3 is 5.11 Å². The highest BCUT2D eigenvalue weighted by molar-refractivity contribution is 7.89. The third-order valence-corrected chi connectivity index (χ3v) is 6.02. The van der Waals surface area contributed by atoms with Gasteiger partial charge in [-0.05, 0) is 32.1 Å². The Balaban J connectivity index is 2.19. The Morgan fingerprint density at radius 2 is 2.20 bits per heavy atom. The summed E-state index contributed by atoms with van der Waals surface area (Å²) in [6, 6.07) is 0.0227. The number of hydrogen-bond donors (Lipinski definition) is 1. The van der Waals surface area contributed by atoms with Crippen molar-refractivity contribution >= 4 is 10.0 Å². The lowest BCUT2D eigenvalue weighted by molar-refractivity contribution is 0.202. The van der Waals surface area contributed by atoms with Gasteiger partial charge >= 0.3 is 0 Å². The molecule has 0 aromatic carbocycles. The van der Waals surface area contributed by atoms with E-state index in [1.165, 1.54) is 6.20 Å². The molecule has 2 heterocycles. The number of rotatable bonds is 5. The zero-order valence-corrected chi connectivity index (χ0v) is 12.9. The Kier molecular flexibility index (Phi) is 4.82. The van der Waals surface area contributed by atoms with Gasteiger partial charge in [-0.15, -0.1) is 0 Å². The van der Waals surface area contributed by atoms with Gasteiger partial charge in [-0.25, -0.2) is 8.42 Å². The quantitative estimate of drug-likeness (QED) is 0.883. The summed E-state index contributed by atoms with van der Waals surface area (Å²) in [5.74, 6) is 0.378. The molecule has 1 aliphatic heterocycles. The number of nitrogens with zero attached hydrogens (tertiary/aromatic N) is 3. The van der Waals surface area contributed by atoms with Crippen LogP contribution >= 0.6 is 0 Å². The van der Waals surface area contributed by atoms with Crippen LogP contribution in [0.1, 0.15) is 33.1 Å². The smallest absolute Gasteiger partial charge is 0.246 e. The number of hydrogen-bond acceptors (Lipinski definition) is 4. The Hall–Kier alpha value is -0.920. The predicted molar refractivity (Wildman–Crippen MR) is 75.7 cm³/mol. The monoisotopic (exact) mass is 301 g/mol. The first kappa shape index (κ1) is 15.5. The van der Waals surface area contributed by atoms with Crippen LogP contribution in [0.4, 0.5) is 0 Å². The van der Waals surface area contributed by atoms with E-state index >= 15 is 0 Å². The van der Waals surface area contributed by atoms with E-state index in [0.29, 0.717) is 25.4 Å². The van der Waals surface area contributed by atoms with Gasteiger partial charge in [-0.1, -0.05) is 6.92 Å². The lowest BCUT2D eigenvalue weighted by Crippen LogP contribution is -2.45. The van der Waals surface area contributed by atoms with Crippen LogP contribution in [0.3, 0.4) is 0 Å². The average molecular weight is 301 g/mol. The first-order valence-corrected chi connectivity index (χ1v) is 8.56. The van der Waals surface area contributed by atoms with E-state index in [2.05, 4.69) is 12.0 Å². The van der Waals surface area contributed by atoms with E-state index in [0.717, 1.165) is 12.8 Å². The van der Waals surface area contributed by atoms with Crippen LogP contribution in [0.15, 0.2) is 17.3 Å². The van der Waals surface area contributed by atoms with Crippen LogP contribution in [0.25, 0.3) is 0 Å². The maximum atomic E-state index is 12.7. The van der Waals surface area contributed by atoms with Gasteiger partial charge in [-0.3, -0.25) is 4.68 Å². The lowest BCUT2D eigenvalue weighted by Gasteiger charge is -2.36. The largest absolute Gasteiger partial charge is 0.396 e. The number of aliphatic hydroxyl groups excluding tert-OH is 1. The zero-order chi connectivity index (χ0) is 14.8. The summed E-state index contributed by atoms with van der Waals surface area (Å²) in [5.41, 5.74) is 0. The molecule has 0 bridgehead atoms. The summed E-state index contributed by atoms with van der Waals surface area (Å²) in [6.45, 7) is 5.24. The van der Waals surface area contributed by atoms with Crippen LogP contribution in [0.2, 0.25) is 0 Å². The van der Waals surface area contributed by atoms with Crippen LogP contribution in [0.5, 0.6) is 0 Å². The summed E-state index contributed by atoms with van der Waals surface area (Å²) in [4.78, 5) is 0.247. The van der Waals surface area contributed by atoms with Gasteiger partial charge in [-0.2, -0.15) is 9.40 Å². The van der Waals surface area contributed by atoms with Gasteiger partial charge in [0, 0.05) is 31.9 Å². The van der Waals surface area contributed by atoms with Gasteiger partial charge in [0.25, 0.3) is 0 Å². The van der Waals surface area contributed by atoms with Crippen molar-refractivity contribution in [2.75, 3.05) is 13.2 Å². The number of aromatic nitrogens is 2. The molecule has 1 fully saturated rings. The Morgan fingerprint density at radius 1 is 1.45 bits per heavy atom. The maximum absolute atomic E-state index is 12.7. The molecule has 2 atom stereocenters. The van der Waals surface area contributed by atoms with Gasteiger partial charge in [0.2, 0.25) is 10.0 Å². The summed E-state index contributed by atoms with van der Waals surface area (Å²) >= 11 is 0.